The van der Waals surface area contributed by atoms with E-state index in [1.54, 1.807) is 0 Å². The first-order chi connectivity index (χ1) is 23.5. The third-order valence-electron chi connectivity index (χ3n) is 7.40. The van der Waals surface area contributed by atoms with Crippen LogP contribution in [0.3, 0.4) is 0 Å². The van der Waals surface area contributed by atoms with Gasteiger partial charge in [-0.1, -0.05) is 218 Å². The zero-order chi connectivity index (χ0) is 38.4. The summed E-state index contributed by atoms with van der Waals surface area (Å²) in [5.74, 6) is 0.302. The van der Waals surface area contributed by atoms with Gasteiger partial charge in [-0.2, -0.15) is 0 Å². The molecule has 3 aliphatic carbocycles. The van der Waals surface area contributed by atoms with Crippen molar-refractivity contribution in [1.29, 1.82) is 0 Å². The van der Waals surface area contributed by atoms with Crippen molar-refractivity contribution in [2.24, 2.45) is 23.7 Å². The Balaban J connectivity index is -0.000000134. The smallest absolute Gasteiger partial charge is 0.312 e. The van der Waals surface area contributed by atoms with Gasteiger partial charge in [0.15, 0.2) is 0 Å². The van der Waals surface area contributed by atoms with Crippen molar-refractivity contribution in [3.05, 3.63) is 36.4 Å². The van der Waals surface area contributed by atoms with Gasteiger partial charge in [0, 0.05) is 0 Å². The number of rotatable bonds is 4. The van der Waals surface area contributed by atoms with E-state index in [4.69, 9.17) is 9.47 Å². The molecule has 4 rings (SSSR count). The molecule has 4 heteroatoms. The summed E-state index contributed by atoms with van der Waals surface area (Å²) in [4.78, 5) is 24.0. The number of carbonyl (C=O) groups is 2. The van der Waals surface area contributed by atoms with Gasteiger partial charge in [0.25, 0.3) is 0 Å². The van der Waals surface area contributed by atoms with Crippen molar-refractivity contribution >= 4 is 11.9 Å². The predicted octanol–water partition coefficient (Wildman–Crippen LogP) is 15.3. The molecule has 0 heterocycles. The van der Waals surface area contributed by atoms with Crippen molar-refractivity contribution in [1.82, 2.24) is 0 Å². The topological polar surface area (TPSA) is 52.6 Å². The van der Waals surface area contributed by atoms with Gasteiger partial charge >= 0.3 is 11.9 Å². The highest BCUT2D eigenvalue weighted by atomic mass is 16.7. The summed E-state index contributed by atoms with van der Waals surface area (Å²) in [7, 11) is 0. The Labute approximate surface area is 304 Å². The number of ether oxygens (including phenoxy) is 2. The first kappa shape index (κ1) is 58.4. The Kier molecular flexibility index (Phi) is 66.4. The van der Waals surface area contributed by atoms with Crippen LogP contribution in [0.5, 0.6) is 0 Å². The van der Waals surface area contributed by atoms with Crippen LogP contribution in [-0.2, 0) is 19.1 Å². The molecule has 0 aromatic heterocycles. The largest absolute Gasteiger partial charge is 0.428 e. The Hall–Kier alpha value is -1.84. The third-order valence-corrected chi connectivity index (χ3v) is 7.40. The lowest BCUT2D eigenvalue weighted by atomic mass is 9.80. The van der Waals surface area contributed by atoms with E-state index in [-0.39, 0.29) is 30.6 Å². The van der Waals surface area contributed by atoms with Crippen LogP contribution in [-0.4, -0.2) is 18.7 Å². The van der Waals surface area contributed by atoms with Crippen LogP contribution in [0.2, 0.25) is 0 Å². The lowest BCUT2D eigenvalue weighted by Crippen LogP contribution is -2.30. The predicted molar refractivity (Wildman–Crippen MR) is 217 cm³/mol. The van der Waals surface area contributed by atoms with E-state index in [1.165, 1.54) is 57.8 Å². The van der Waals surface area contributed by atoms with Crippen LogP contribution >= 0.6 is 0 Å². The molecular weight excluding hydrogens is 592 g/mol. The molecule has 3 aliphatic rings. The molecule has 1 aromatic rings. The Bertz CT molecular complexity index is 585. The average Bonchev–Trinajstić information content (AvgIpc) is 3.19. The molecule has 0 N–H and O–H groups in total. The van der Waals surface area contributed by atoms with E-state index in [1.807, 2.05) is 119 Å². The maximum Gasteiger partial charge on any atom is 0.312 e. The maximum atomic E-state index is 12.0. The van der Waals surface area contributed by atoms with Crippen molar-refractivity contribution in [3.63, 3.8) is 0 Å². The van der Waals surface area contributed by atoms with Gasteiger partial charge < -0.3 is 9.47 Å². The Morgan fingerprint density at radius 1 is 0.438 bits per heavy atom. The van der Waals surface area contributed by atoms with Gasteiger partial charge in [0.2, 0.25) is 6.79 Å². The number of benzene rings is 1. The minimum absolute atomic E-state index is 0.0222. The average molecular weight is 683 g/mol. The summed E-state index contributed by atoms with van der Waals surface area (Å²) >= 11 is 0. The molecule has 0 bridgehead atoms. The van der Waals surface area contributed by atoms with E-state index in [9.17, 15) is 9.59 Å². The monoisotopic (exact) mass is 683 g/mol. The number of hydrogen-bond donors (Lipinski definition) is 0. The summed E-state index contributed by atoms with van der Waals surface area (Å²) < 4.78 is 10.3. The summed E-state index contributed by atoms with van der Waals surface area (Å²) in [6.07, 6.45) is 18.8. The van der Waals surface area contributed by atoms with E-state index in [0.717, 1.165) is 38.5 Å². The first-order valence-corrected chi connectivity index (χ1v) is 20.8. The summed E-state index contributed by atoms with van der Waals surface area (Å²) in [6.45, 7) is 32.2. The molecule has 4 nitrogen and oxygen atoms in total. The SMILES string of the molecule is C1CCCCC1.CC.CC.CC.CC.CC.CC.CC1CCCCC1C(=O)OCOC(=O)C1CCCCC1C.CCC.c1ccccc1. The van der Waals surface area contributed by atoms with Crippen molar-refractivity contribution in [2.45, 2.75) is 207 Å². The molecular formula is C44H90O4. The molecule has 4 unspecified atom stereocenters. The van der Waals surface area contributed by atoms with Crippen LogP contribution in [0.15, 0.2) is 36.4 Å². The second-order valence-electron chi connectivity index (χ2n) is 10.8. The second-order valence-corrected chi connectivity index (χ2v) is 10.8. The summed E-state index contributed by atoms with van der Waals surface area (Å²) in [5, 5.41) is 0. The van der Waals surface area contributed by atoms with Crippen molar-refractivity contribution in [3.8, 4) is 0 Å². The number of esters is 2. The molecule has 0 spiro atoms. The van der Waals surface area contributed by atoms with Crippen LogP contribution < -0.4 is 0 Å². The summed E-state index contributed by atoms with van der Waals surface area (Å²) in [6, 6.07) is 12.0. The highest BCUT2D eigenvalue weighted by molar-refractivity contribution is 5.74. The molecule has 290 valence electrons. The fourth-order valence-corrected chi connectivity index (χ4v) is 5.14. The van der Waals surface area contributed by atoms with E-state index < -0.39 is 0 Å². The van der Waals surface area contributed by atoms with Crippen LogP contribution in [0, 0.1) is 23.7 Å². The molecule has 0 saturated heterocycles. The molecule has 0 aliphatic heterocycles. The number of carbonyl (C=O) groups excluding carboxylic acids is 2. The lowest BCUT2D eigenvalue weighted by molar-refractivity contribution is -0.176. The lowest BCUT2D eigenvalue weighted by Gasteiger charge is -2.28. The van der Waals surface area contributed by atoms with E-state index in [0.29, 0.717) is 11.8 Å². The normalized spacial score (nSPS) is 19.7. The quantitative estimate of drug-likeness (QED) is 0.234. The molecule has 48 heavy (non-hydrogen) atoms. The van der Waals surface area contributed by atoms with Gasteiger partial charge in [0.1, 0.15) is 0 Å². The number of hydrogen-bond acceptors (Lipinski definition) is 4. The van der Waals surface area contributed by atoms with Gasteiger partial charge in [-0.05, 0) is 37.5 Å². The van der Waals surface area contributed by atoms with E-state index in [2.05, 4.69) is 27.7 Å². The minimum atomic E-state index is -0.218. The Morgan fingerprint density at radius 2 is 0.646 bits per heavy atom. The zero-order valence-corrected chi connectivity index (χ0v) is 35.7. The molecule has 3 fully saturated rings. The third kappa shape index (κ3) is 38.6. The van der Waals surface area contributed by atoms with Crippen LogP contribution in [0.4, 0.5) is 0 Å². The fourth-order valence-electron chi connectivity index (χ4n) is 5.14. The van der Waals surface area contributed by atoms with Gasteiger partial charge in [-0.3, -0.25) is 9.59 Å². The molecule has 0 radical (unpaired) electrons. The molecule has 1 aromatic carbocycles. The van der Waals surface area contributed by atoms with Gasteiger partial charge in [-0.15, -0.1) is 0 Å². The van der Waals surface area contributed by atoms with E-state index >= 15 is 0 Å². The van der Waals surface area contributed by atoms with Gasteiger partial charge in [-0.25, -0.2) is 0 Å². The minimum Gasteiger partial charge on any atom is -0.428 e. The fraction of sp³-hybridized carbons (Fsp3) is 0.818. The van der Waals surface area contributed by atoms with Crippen molar-refractivity contribution in [2.75, 3.05) is 6.79 Å². The highest BCUT2D eigenvalue weighted by Crippen LogP contribution is 2.31. The standard InChI is InChI=1S/C17H28O4.C6H12.C6H6.C3H8.6C2H6/c1-12-7-3-5-9-14(12)16(18)20-11-21-17(19)15-10-6-4-8-13(15)2;2*1-2-4-6-5-3-1;1-3-2;6*1-2/h12-15H,3-11H2,1-2H3;1-6H2;1-6H;3H2,1-2H3;6*1-2H3. The van der Waals surface area contributed by atoms with Gasteiger partial charge in [0.05, 0.1) is 11.8 Å². The second kappa shape index (κ2) is 54.6. The maximum absolute atomic E-state index is 12.0. The van der Waals surface area contributed by atoms with Crippen LogP contribution in [0.1, 0.15) is 207 Å². The van der Waals surface area contributed by atoms with Crippen LogP contribution in [0.25, 0.3) is 0 Å². The molecule has 0 amide bonds. The summed E-state index contributed by atoms with van der Waals surface area (Å²) in [5.41, 5.74) is 0. The Morgan fingerprint density at radius 3 is 0.854 bits per heavy atom. The highest BCUT2D eigenvalue weighted by Gasteiger charge is 2.31. The first-order valence-electron chi connectivity index (χ1n) is 20.8. The van der Waals surface area contributed by atoms with Crippen molar-refractivity contribution < 1.29 is 19.1 Å². The molecule has 3 saturated carbocycles. The molecule has 4 atom stereocenters. The zero-order valence-electron chi connectivity index (χ0n) is 35.7.